The first-order chi connectivity index (χ1) is 8.65. The van der Waals surface area contributed by atoms with E-state index < -0.39 is 5.82 Å². The zero-order chi connectivity index (χ0) is 13.4. The molecule has 0 amide bonds. The average Bonchev–Trinajstić information content (AvgIpc) is 2.34. The molecule has 1 aromatic carbocycles. The molecule has 0 bridgehead atoms. The van der Waals surface area contributed by atoms with Gasteiger partial charge in [0, 0.05) is 26.2 Å². The third-order valence-electron chi connectivity index (χ3n) is 2.18. The van der Waals surface area contributed by atoms with E-state index in [4.69, 9.17) is 19.9 Å². The summed E-state index contributed by atoms with van der Waals surface area (Å²) in [7, 11) is 1.62. The average molecular weight is 322 g/mol. The maximum atomic E-state index is 13.3. The number of nitrogen functional groups attached to an aromatic ring is 1. The SMILES string of the molecule is COCCOCCCOc1cc(F)c(Br)cc1N. The second-order valence-electron chi connectivity index (χ2n) is 3.61. The summed E-state index contributed by atoms with van der Waals surface area (Å²) in [5.41, 5.74) is 6.11. The van der Waals surface area contributed by atoms with Gasteiger partial charge in [0.05, 0.1) is 30.0 Å². The van der Waals surface area contributed by atoms with Crippen LogP contribution in [-0.4, -0.2) is 33.5 Å². The second kappa shape index (κ2) is 8.29. The van der Waals surface area contributed by atoms with E-state index in [2.05, 4.69) is 15.9 Å². The van der Waals surface area contributed by atoms with Crippen molar-refractivity contribution in [1.29, 1.82) is 0 Å². The lowest BCUT2D eigenvalue weighted by molar-refractivity contribution is 0.0644. The van der Waals surface area contributed by atoms with Crippen LogP contribution >= 0.6 is 15.9 Å². The van der Waals surface area contributed by atoms with Crippen molar-refractivity contribution < 1.29 is 18.6 Å². The van der Waals surface area contributed by atoms with Gasteiger partial charge >= 0.3 is 0 Å². The fraction of sp³-hybridized carbons (Fsp3) is 0.500. The first kappa shape index (κ1) is 15.2. The predicted molar refractivity (Wildman–Crippen MR) is 71.3 cm³/mol. The van der Waals surface area contributed by atoms with E-state index in [0.717, 1.165) is 0 Å². The summed E-state index contributed by atoms with van der Waals surface area (Å²) in [5.74, 6) is -0.0388. The quantitative estimate of drug-likeness (QED) is 0.590. The molecule has 1 rings (SSSR count). The number of hydrogen-bond donors (Lipinski definition) is 1. The van der Waals surface area contributed by atoms with Crippen LogP contribution in [0.4, 0.5) is 10.1 Å². The highest BCUT2D eigenvalue weighted by Gasteiger charge is 2.06. The number of hydrogen-bond acceptors (Lipinski definition) is 4. The number of ether oxygens (including phenoxy) is 3. The van der Waals surface area contributed by atoms with E-state index in [9.17, 15) is 4.39 Å². The molecular formula is C12H17BrFNO3. The molecule has 1 aromatic rings. The Balaban J connectivity index is 2.25. The minimum Gasteiger partial charge on any atom is -0.491 e. The standard InChI is InChI=1S/C12H17BrFNO3/c1-16-5-6-17-3-2-4-18-12-8-10(14)9(13)7-11(12)15/h7-8H,2-6,15H2,1H3. The van der Waals surface area contributed by atoms with E-state index in [0.29, 0.717) is 48.8 Å². The second-order valence-corrected chi connectivity index (χ2v) is 4.47. The van der Waals surface area contributed by atoms with Gasteiger partial charge in [0.2, 0.25) is 0 Å². The number of nitrogens with two attached hydrogens (primary N) is 1. The molecule has 0 aromatic heterocycles. The molecular weight excluding hydrogens is 305 g/mol. The predicted octanol–water partition coefficient (Wildman–Crippen LogP) is 2.60. The lowest BCUT2D eigenvalue weighted by Gasteiger charge is -2.10. The Morgan fingerprint density at radius 3 is 2.72 bits per heavy atom. The van der Waals surface area contributed by atoms with Gasteiger partial charge in [-0.2, -0.15) is 0 Å². The lowest BCUT2D eigenvalue weighted by atomic mass is 10.3. The van der Waals surface area contributed by atoms with E-state index in [1.807, 2.05) is 0 Å². The zero-order valence-corrected chi connectivity index (χ0v) is 11.8. The van der Waals surface area contributed by atoms with Gasteiger partial charge in [-0.1, -0.05) is 0 Å². The summed E-state index contributed by atoms with van der Waals surface area (Å²) < 4.78 is 29.1. The van der Waals surface area contributed by atoms with Crippen LogP contribution in [0.3, 0.4) is 0 Å². The smallest absolute Gasteiger partial charge is 0.145 e. The highest BCUT2D eigenvalue weighted by atomic mass is 79.9. The molecule has 18 heavy (non-hydrogen) atoms. The Hall–Kier alpha value is -0.850. The van der Waals surface area contributed by atoms with Crippen LogP contribution in [0.1, 0.15) is 6.42 Å². The van der Waals surface area contributed by atoms with E-state index in [1.54, 1.807) is 7.11 Å². The molecule has 0 saturated carbocycles. The van der Waals surface area contributed by atoms with E-state index in [-0.39, 0.29) is 0 Å². The van der Waals surface area contributed by atoms with Crippen molar-refractivity contribution in [3.05, 3.63) is 22.4 Å². The van der Waals surface area contributed by atoms with Crippen molar-refractivity contribution in [2.24, 2.45) is 0 Å². The fourth-order valence-corrected chi connectivity index (χ4v) is 1.62. The van der Waals surface area contributed by atoms with Crippen LogP contribution in [-0.2, 0) is 9.47 Å². The summed E-state index contributed by atoms with van der Waals surface area (Å²) in [4.78, 5) is 0. The van der Waals surface area contributed by atoms with Crippen LogP contribution in [0.15, 0.2) is 16.6 Å². The molecule has 0 spiro atoms. The molecule has 0 atom stereocenters. The summed E-state index contributed by atoms with van der Waals surface area (Å²) in [5, 5.41) is 0. The molecule has 0 fully saturated rings. The molecule has 0 radical (unpaired) electrons. The topological polar surface area (TPSA) is 53.7 Å². The Morgan fingerprint density at radius 2 is 2.00 bits per heavy atom. The summed E-state index contributed by atoms with van der Waals surface area (Å²) in [6.07, 6.45) is 0.709. The first-order valence-electron chi connectivity index (χ1n) is 5.59. The van der Waals surface area contributed by atoms with Crippen LogP contribution in [0.25, 0.3) is 0 Å². The van der Waals surface area contributed by atoms with Crippen molar-refractivity contribution in [1.82, 2.24) is 0 Å². The number of methoxy groups -OCH3 is 1. The largest absolute Gasteiger partial charge is 0.491 e. The highest BCUT2D eigenvalue weighted by molar-refractivity contribution is 9.10. The number of halogens is 2. The number of rotatable bonds is 8. The van der Waals surface area contributed by atoms with Gasteiger partial charge in [-0.15, -0.1) is 0 Å². The Labute approximate surface area is 114 Å². The van der Waals surface area contributed by atoms with Crippen LogP contribution < -0.4 is 10.5 Å². The Morgan fingerprint density at radius 1 is 1.22 bits per heavy atom. The summed E-state index contributed by atoms with van der Waals surface area (Å²) in [6, 6.07) is 2.75. The van der Waals surface area contributed by atoms with Crippen molar-refractivity contribution in [3.63, 3.8) is 0 Å². The summed E-state index contributed by atoms with van der Waals surface area (Å²) in [6.45, 7) is 2.14. The molecule has 4 nitrogen and oxygen atoms in total. The molecule has 0 heterocycles. The molecule has 6 heteroatoms. The van der Waals surface area contributed by atoms with Crippen molar-refractivity contribution in [2.45, 2.75) is 6.42 Å². The van der Waals surface area contributed by atoms with Crippen LogP contribution in [0, 0.1) is 5.82 Å². The molecule has 0 unspecified atom stereocenters. The Bertz CT molecular complexity index is 377. The molecule has 0 saturated heterocycles. The minimum atomic E-state index is -0.393. The maximum Gasteiger partial charge on any atom is 0.145 e. The Kier molecular flexibility index (Phi) is 7.00. The van der Waals surface area contributed by atoms with Crippen molar-refractivity contribution in [2.75, 3.05) is 39.3 Å². The van der Waals surface area contributed by atoms with Gasteiger partial charge in [0.25, 0.3) is 0 Å². The molecule has 0 aliphatic heterocycles. The van der Waals surface area contributed by atoms with Gasteiger partial charge < -0.3 is 19.9 Å². The van der Waals surface area contributed by atoms with Crippen molar-refractivity contribution in [3.8, 4) is 5.75 Å². The molecule has 0 aliphatic carbocycles. The normalized spacial score (nSPS) is 10.6. The monoisotopic (exact) mass is 321 g/mol. The third-order valence-corrected chi connectivity index (χ3v) is 2.78. The zero-order valence-electron chi connectivity index (χ0n) is 10.2. The maximum absolute atomic E-state index is 13.3. The lowest BCUT2D eigenvalue weighted by Crippen LogP contribution is -2.07. The van der Waals surface area contributed by atoms with Crippen LogP contribution in [0.2, 0.25) is 0 Å². The number of anilines is 1. The first-order valence-corrected chi connectivity index (χ1v) is 6.38. The number of benzene rings is 1. The molecule has 2 N–H and O–H groups in total. The molecule has 0 aliphatic rings. The third kappa shape index (κ3) is 5.20. The fourth-order valence-electron chi connectivity index (χ4n) is 1.26. The summed E-state index contributed by atoms with van der Waals surface area (Å²) >= 11 is 3.05. The van der Waals surface area contributed by atoms with Gasteiger partial charge in [-0.25, -0.2) is 4.39 Å². The van der Waals surface area contributed by atoms with Gasteiger partial charge in [0.1, 0.15) is 11.6 Å². The van der Waals surface area contributed by atoms with E-state index in [1.165, 1.54) is 12.1 Å². The van der Waals surface area contributed by atoms with Gasteiger partial charge in [-0.3, -0.25) is 0 Å². The van der Waals surface area contributed by atoms with E-state index >= 15 is 0 Å². The van der Waals surface area contributed by atoms with Gasteiger partial charge in [0.15, 0.2) is 0 Å². The van der Waals surface area contributed by atoms with Crippen LogP contribution in [0.5, 0.6) is 5.75 Å². The van der Waals surface area contributed by atoms with Gasteiger partial charge in [-0.05, 0) is 22.0 Å². The van der Waals surface area contributed by atoms with Crippen molar-refractivity contribution >= 4 is 21.6 Å². The highest BCUT2D eigenvalue weighted by Crippen LogP contribution is 2.28. The molecule has 102 valence electrons. The minimum absolute atomic E-state index is 0.329.